The van der Waals surface area contributed by atoms with Gasteiger partial charge in [-0.15, -0.1) is 0 Å². The largest absolute Gasteiger partial charge is 0.406 e. The first kappa shape index (κ1) is 18.0. The quantitative estimate of drug-likeness (QED) is 0.520. The maximum Gasteiger partial charge on any atom is 0.406 e. The molecule has 1 aromatic carbocycles. The van der Waals surface area contributed by atoms with E-state index in [1.54, 1.807) is 6.92 Å². The van der Waals surface area contributed by atoms with Gasteiger partial charge in [0.2, 0.25) is 5.91 Å². The molecule has 126 valence electrons. The van der Waals surface area contributed by atoms with Gasteiger partial charge in [-0.25, -0.2) is 4.39 Å². The topological polar surface area (TPSA) is 20.3 Å². The van der Waals surface area contributed by atoms with Gasteiger partial charge in [0.25, 0.3) is 0 Å². The third-order valence-corrected chi connectivity index (χ3v) is 4.29. The Morgan fingerprint density at radius 1 is 1.43 bits per heavy atom. The second kappa shape index (κ2) is 7.03. The van der Waals surface area contributed by atoms with Gasteiger partial charge in [0, 0.05) is 22.2 Å². The molecule has 2 nitrogen and oxygen atoms in total. The van der Waals surface area contributed by atoms with E-state index >= 15 is 0 Å². The van der Waals surface area contributed by atoms with Crippen LogP contribution < -0.4 is 0 Å². The predicted octanol–water partition coefficient (Wildman–Crippen LogP) is 4.79. The average Bonchev–Trinajstić information content (AvgIpc) is 3.28. The van der Waals surface area contributed by atoms with Crippen LogP contribution in [0.5, 0.6) is 0 Å². The highest BCUT2D eigenvalue weighted by molar-refractivity contribution is 9.10. The number of hydrogen-bond donors (Lipinski definition) is 0. The second-order valence-electron chi connectivity index (χ2n) is 5.66. The Hall–Kier alpha value is -1.37. The second-order valence-corrected chi connectivity index (χ2v) is 6.57. The van der Waals surface area contributed by atoms with E-state index in [0.29, 0.717) is 4.47 Å². The van der Waals surface area contributed by atoms with Crippen molar-refractivity contribution >= 4 is 27.9 Å². The number of halogens is 5. The van der Waals surface area contributed by atoms with E-state index in [-0.39, 0.29) is 11.5 Å². The van der Waals surface area contributed by atoms with Crippen molar-refractivity contribution in [3.05, 3.63) is 40.1 Å². The third kappa shape index (κ3) is 5.34. The highest BCUT2D eigenvalue weighted by Gasteiger charge is 2.39. The summed E-state index contributed by atoms with van der Waals surface area (Å²) in [5.74, 6) is -1.20. The summed E-state index contributed by atoms with van der Waals surface area (Å²) in [7, 11) is 0. The molecule has 0 aliphatic heterocycles. The molecule has 0 N–H and O–H groups in total. The lowest BCUT2D eigenvalue weighted by Crippen LogP contribution is -2.44. The number of rotatable bonds is 5. The standard InChI is InChI=1S/C16H16BrF4NO/c1-10(11-2-3-11)22(9-16(19,20)21)15(23)7-4-12-8-13(17)5-6-14(12)18/h4-8,10-11H,2-3,9H2,1H3/b7-4+/t10-/m0/s1. The molecule has 23 heavy (non-hydrogen) atoms. The normalized spacial score (nSPS) is 16.6. The summed E-state index contributed by atoms with van der Waals surface area (Å²) in [5.41, 5.74) is 0.138. The molecule has 0 saturated heterocycles. The first-order valence-electron chi connectivity index (χ1n) is 7.18. The number of carbonyl (C=O) groups is 1. The van der Waals surface area contributed by atoms with Gasteiger partial charge in [-0.2, -0.15) is 13.2 Å². The fraction of sp³-hybridized carbons (Fsp3) is 0.438. The van der Waals surface area contributed by atoms with E-state index in [4.69, 9.17) is 0 Å². The number of alkyl halides is 3. The Morgan fingerprint density at radius 3 is 2.65 bits per heavy atom. The molecule has 1 amide bonds. The Labute approximate surface area is 140 Å². The Bertz CT molecular complexity index is 611. The predicted molar refractivity (Wildman–Crippen MR) is 83.1 cm³/mol. The van der Waals surface area contributed by atoms with E-state index in [9.17, 15) is 22.4 Å². The molecule has 1 aliphatic rings. The van der Waals surface area contributed by atoms with Crippen molar-refractivity contribution in [2.75, 3.05) is 6.54 Å². The summed E-state index contributed by atoms with van der Waals surface area (Å²) in [6.07, 6.45) is -0.617. The summed E-state index contributed by atoms with van der Waals surface area (Å²) in [6, 6.07) is 3.69. The molecule has 0 bridgehead atoms. The van der Waals surface area contributed by atoms with Crippen molar-refractivity contribution in [2.24, 2.45) is 5.92 Å². The van der Waals surface area contributed by atoms with Crippen molar-refractivity contribution in [1.82, 2.24) is 4.90 Å². The first-order valence-corrected chi connectivity index (χ1v) is 7.97. The maximum atomic E-state index is 13.6. The van der Waals surface area contributed by atoms with Crippen LogP contribution >= 0.6 is 15.9 Å². The number of benzene rings is 1. The van der Waals surface area contributed by atoms with Crippen molar-refractivity contribution < 1.29 is 22.4 Å². The van der Waals surface area contributed by atoms with Crippen LogP contribution in [0.4, 0.5) is 17.6 Å². The van der Waals surface area contributed by atoms with Crippen LogP contribution in [0.1, 0.15) is 25.3 Å². The Kier molecular flexibility index (Phi) is 5.49. The summed E-state index contributed by atoms with van der Waals surface area (Å²) >= 11 is 3.18. The van der Waals surface area contributed by atoms with Gasteiger partial charge in [0.05, 0.1) is 0 Å². The van der Waals surface area contributed by atoms with Gasteiger partial charge in [0.15, 0.2) is 0 Å². The molecule has 1 fully saturated rings. The van der Waals surface area contributed by atoms with Crippen LogP contribution in [0.2, 0.25) is 0 Å². The smallest absolute Gasteiger partial charge is 0.327 e. The lowest BCUT2D eigenvalue weighted by atomic mass is 10.1. The van der Waals surface area contributed by atoms with Gasteiger partial charge < -0.3 is 4.90 Å². The molecule has 1 aromatic rings. The van der Waals surface area contributed by atoms with Crippen LogP contribution in [0.3, 0.4) is 0 Å². The third-order valence-electron chi connectivity index (χ3n) is 3.79. The molecular weight excluding hydrogens is 378 g/mol. The van der Waals surface area contributed by atoms with Crippen LogP contribution in [-0.2, 0) is 4.79 Å². The molecule has 0 unspecified atom stereocenters. The van der Waals surface area contributed by atoms with Crippen molar-refractivity contribution in [2.45, 2.75) is 32.0 Å². The molecule has 0 spiro atoms. The summed E-state index contributed by atoms with van der Waals surface area (Å²) in [5, 5.41) is 0. The van der Waals surface area contributed by atoms with Gasteiger partial charge in [-0.3, -0.25) is 4.79 Å². The maximum absolute atomic E-state index is 13.6. The zero-order valence-electron chi connectivity index (χ0n) is 12.4. The first-order chi connectivity index (χ1) is 10.7. The SMILES string of the molecule is C[C@@H](C1CC1)N(CC(F)(F)F)C(=O)/C=C/c1cc(Br)ccc1F. The molecule has 1 saturated carbocycles. The van der Waals surface area contributed by atoms with E-state index in [1.807, 2.05) is 0 Å². The van der Waals surface area contributed by atoms with Crippen LogP contribution in [0, 0.1) is 11.7 Å². The van der Waals surface area contributed by atoms with Gasteiger partial charge >= 0.3 is 6.18 Å². The molecule has 0 aromatic heterocycles. The number of nitrogens with zero attached hydrogens (tertiary/aromatic N) is 1. The summed E-state index contributed by atoms with van der Waals surface area (Å²) in [6.45, 7) is 0.323. The summed E-state index contributed by atoms with van der Waals surface area (Å²) in [4.78, 5) is 13.0. The molecule has 2 rings (SSSR count). The van der Waals surface area contributed by atoms with Crippen molar-refractivity contribution in [3.8, 4) is 0 Å². The highest BCUT2D eigenvalue weighted by Crippen LogP contribution is 2.36. The minimum absolute atomic E-state index is 0.109. The Balaban J connectivity index is 2.16. The number of carbonyl (C=O) groups excluding carboxylic acids is 1. The summed E-state index contributed by atoms with van der Waals surface area (Å²) < 4.78 is 52.3. The number of amides is 1. The fourth-order valence-corrected chi connectivity index (χ4v) is 2.73. The zero-order valence-corrected chi connectivity index (χ0v) is 14.0. The van der Waals surface area contributed by atoms with E-state index < -0.39 is 30.5 Å². The minimum atomic E-state index is -4.46. The molecular formula is C16H16BrF4NO. The Morgan fingerprint density at radius 2 is 2.09 bits per heavy atom. The zero-order chi connectivity index (χ0) is 17.2. The molecule has 1 atom stereocenters. The fourth-order valence-electron chi connectivity index (χ4n) is 2.35. The minimum Gasteiger partial charge on any atom is -0.327 e. The van der Waals surface area contributed by atoms with Gasteiger partial charge in [-0.1, -0.05) is 15.9 Å². The van der Waals surface area contributed by atoms with E-state index in [1.165, 1.54) is 24.3 Å². The van der Waals surface area contributed by atoms with Gasteiger partial charge in [-0.05, 0) is 50.0 Å². The monoisotopic (exact) mass is 393 g/mol. The molecule has 1 aliphatic carbocycles. The molecule has 0 heterocycles. The molecule has 7 heteroatoms. The van der Waals surface area contributed by atoms with E-state index in [2.05, 4.69) is 15.9 Å². The van der Waals surface area contributed by atoms with Crippen molar-refractivity contribution in [1.29, 1.82) is 0 Å². The van der Waals surface area contributed by atoms with E-state index in [0.717, 1.165) is 23.8 Å². The average molecular weight is 394 g/mol. The highest BCUT2D eigenvalue weighted by atomic mass is 79.9. The van der Waals surface area contributed by atoms with Crippen LogP contribution in [0.25, 0.3) is 6.08 Å². The van der Waals surface area contributed by atoms with Gasteiger partial charge in [0.1, 0.15) is 12.4 Å². The van der Waals surface area contributed by atoms with Crippen molar-refractivity contribution in [3.63, 3.8) is 0 Å². The van der Waals surface area contributed by atoms with Crippen LogP contribution in [0.15, 0.2) is 28.7 Å². The lowest BCUT2D eigenvalue weighted by Gasteiger charge is -2.29. The van der Waals surface area contributed by atoms with Crippen LogP contribution in [-0.4, -0.2) is 29.6 Å². The lowest BCUT2D eigenvalue weighted by molar-refractivity contribution is -0.162. The number of hydrogen-bond acceptors (Lipinski definition) is 1. The molecule has 0 radical (unpaired) electrons.